The molecule has 0 aliphatic rings. The van der Waals surface area contributed by atoms with E-state index < -0.39 is 59.7 Å². The average molecular weight is 598 g/mol. The molecule has 3 atom stereocenters. The Labute approximate surface area is 255 Å². The number of aryl methyl sites for hydroxylation is 1. The van der Waals surface area contributed by atoms with Crippen LogP contribution in [-0.4, -0.2) is 63.7 Å². The zero-order valence-corrected chi connectivity index (χ0v) is 26.8. The van der Waals surface area contributed by atoms with Crippen LogP contribution in [0.25, 0.3) is 0 Å². The number of carbonyl (C=O) groups excluding carboxylic acids is 4. The maximum Gasteiger partial charge on any atom is 0.408 e. The van der Waals surface area contributed by atoms with Gasteiger partial charge in [0.2, 0.25) is 11.8 Å². The minimum Gasteiger partial charge on any atom is -0.508 e. The highest BCUT2D eigenvalue weighted by Gasteiger charge is 2.37. The predicted molar refractivity (Wildman–Crippen MR) is 164 cm³/mol. The monoisotopic (exact) mass is 597 g/mol. The number of phenolic OH excluding ortho intramolecular Hbond substituents is 1. The summed E-state index contributed by atoms with van der Waals surface area (Å²) < 4.78 is 10.9. The van der Waals surface area contributed by atoms with E-state index in [2.05, 4.69) is 10.6 Å². The summed E-state index contributed by atoms with van der Waals surface area (Å²) in [5.74, 6) is -1.71. The van der Waals surface area contributed by atoms with Gasteiger partial charge in [0, 0.05) is 12.5 Å². The van der Waals surface area contributed by atoms with Gasteiger partial charge in [-0.05, 0) is 90.6 Å². The number of phenols is 1. The Hall–Kier alpha value is -4.08. The number of carbonyl (C=O) groups is 4. The SMILES string of the molecule is CCC(C)N(C(=O)CNC(=O)OC(C)(C)C)C(C(=O)NC(Cc1ccccc1)C(=O)OC(C)(C)C)c1ccc(O)c(C)c1. The first-order valence-electron chi connectivity index (χ1n) is 14.6. The van der Waals surface area contributed by atoms with Crippen LogP contribution in [-0.2, 0) is 30.3 Å². The number of nitrogens with one attached hydrogen (secondary N) is 2. The van der Waals surface area contributed by atoms with Crippen LogP contribution in [0.1, 0.15) is 84.5 Å². The highest BCUT2D eigenvalue weighted by Crippen LogP contribution is 2.29. The van der Waals surface area contributed by atoms with Crippen molar-refractivity contribution in [2.24, 2.45) is 0 Å². The second kappa shape index (κ2) is 14.9. The molecule has 0 bridgehead atoms. The Morgan fingerprint density at radius 2 is 1.53 bits per heavy atom. The minimum atomic E-state index is -1.19. The first kappa shape index (κ1) is 35.1. The normalized spacial score (nSPS) is 13.7. The number of alkyl carbamates (subject to hydrolysis) is 1. The van der Waals surface area contributed by atoms with E-state index in [1.165, 1.54) is 11.0 Å². The topological polar surface area (TPSA) is 134 Å². The largest absolute Gasteiger partial charge is 0.508 e. The van der Waals surface area contributed by atoms with Crippen LogP contribution < -0.4 is 10.6 Å². The van der Waals surface area contributed by atoms with Crippen LogP contribution in [0.4, 0.5) is 4.79 Å². The summed E-state index contributed by atoms with van der Waals surface area (Å²) in [6.45, 7) is 15.3. The van der Waals surface area contributed by atoms with Gasteiger partial charge in [0.25, 0.3) is 0 Å². The van der Waals surface area contributed by atoms with Gasteiger partial charge in [0.1, 0.15) is 35.6 Å². The van der Waals surface area contributed by atoms with Crippen molar-refractivity contribution in [1.29, 1.82) is 0 Å². The van der Waals surface area contributed by atoms with Crippen molar-refractivity contribution < 1.29 is 33.8 Å². The summed E-state index contributed by atoms with van der Waals surface area (Å²) in [5.41, 5.74) is 0.196. The van der Waals surface area contributed by atoms with Gasteiger partial charge >= 0.3 is 12.1 Å². The van der Waals surface area contributed by atoms with Gasteiger partial charge in [-0.25, -0.2) is 9.59 Å². The van der Waals surface area contributed by atoms with Crippen molar-refractivity contribution in [1.82, 2.24) is 15.5 Å². The molecule has 0 aliphatic carbocycles. The Kier molecular flexibility index (Phi) is 12.2. The van der Waals surface area contributed by atoms with Gasteiger partial charge in [-0.3, -0.25) is 9.59 Å². The molecule has 3 unspecified atom stereocenters. The van der Waals surface area contributed by atoms with Crippen molar-refractivity contribution in [3.05, 3.63) is 65.2 Å². The number of aromatic hydroxyl groups is 1. The second-order valence-electron chi connectivity index (χ2n) is 12.6. The van der Waals surface area contributed by atoms with Crippen LogP contribution in [0.5, 0.6) is 5.75 Å². The summed E-state index contributed by atoms with van der Waals surface area (Å²) in [7, 11) is 0. The van der Waals surface area contributed by atoms with Crippen LogP contribution >= 0.6 is 0 Å². The van der Waals surface area contributed by atoms with Gasteiger partial charge in [0.05, 0.1) is 0 Å². The molecule has 0 spiro atoms. The van der Waals surface area contributed by atoms with Crippen LogP contribution in [0.15, 0.2) is 48.5 Å². The fourth-order valence-electron chi connectivity index (χ4n) is 4.35. The fraction of sp³-hybridized carbons (Fsp3) is 0.515. The van der Waals surface area contributed by atoms with Gasteiger partial charge in [-0.1, -0.05) is 43.3 Å². The molecule has 2 aromatic carbocycles. The third kappa shape index (κ3) is 11.3. The lowest BCUT2D eigenvalue weighted by atomic mass is 9.98. The molecular formula is C33H47N3O7. The molecule has 3 amide bonds. The zero-order valence-electron chi connectivity index (χ0n) is 26.8. The summed E-state index contributed by atoms with van der Waals surface area (Å²) in [6.07, 6.45) is -0.0990. The molecule has 236 valence electrons. The molecule has 0 radical (unpaired) electrons. The van der Waals surface area contributed by atoms with Gasteiger partial charge in [0.15, 0.2) is 0 Å². The number of esters is 1. The summed E-state index contributed by atoms with van der Waals surface area (Å²) >= 11 is 0. The Morgan fingerprint density at radius 1 is 0.930 bits per heavy atom. The van der Waals surface area contributed by atoms with E-state index in [1.54, 1.807) is 67.5 Å². The smallest absolute Gasteiger partial charge is 0.408 e. The first-order valence-corrected chi connectivity index (χ1v) is 14.6. The molecule has 0 saturated carbocycles. The molecule has 0 saturated heterocycles. The predicted octanol–water partition coefficient (Wildman–Crippen LogP) is 4.96. The van der Waals surface area contributed by atoms with E-state index in [0.29, 0.717) is 17.5 Å². The summed E-state index contributed by atoms with van der Waals surface area (Å²) in [4.78, 5) is 55.0. The maximum absolute atomic E-state index is 14.2. The first-order chi connectivity index (χ1) is 19.9. The van der Waals surface area contributed by atoms with Crippen LogP contribution in [0.2, 0.25) is 0 Å². The van der Waals surface area contributed by atoms with Gasteiger partial charge in [-0.15, -0.1) is 0 Å². The van der Waals surface area contributed by atoms with E-state index in [4.69, 9.17) is 9.47 Å². The number of benzene rings is 2. The average Bonchev–Trinajstić information content (AvgIpc) is 2.89. The van der Waals surface area contributed by atoms with Crippen molar-refractivity contribution in [2.75, 3.05) is 6.54 Å². The van der Waals surface area contributed by atoms with E-state index >= 15 is 0 Å². The molecular weight excluding hydrogens is 550 g/mol. The standard InChI is InChI=1S/C33H47N3O7/c1-10-22(3)36(27(38)20-34-31(41)43-33(7,8)9)28(24-16-17-26(37)21(2)18-24)29(39)35-25(30(40)42-32(4,5)6)19-23-14-12-11-13-15-23/h11-18,22,25,28,37H,10,19-20H2,1-9H3,(H,34,41)(H,35,39). The lowest BCUT2D eigenvalue weighted by molar-refractivity contribution is -0.159. The number of rotatable bonds is 11. The number of hydrogen-bond donors (Lipinski definition) is 3. The van der Waals surface area contributed by atoms with Gasteiger partial charge in [-0.2, -0.15) is 0 Å². The molecule has 2 aromatic rings. The number of ether oxygens (including phenoxy) is 2. The van der Waals surface area contributed by atoms with E-state index in [9.17, 15) is 24.3 Å². The lowest BCUT2D eigenvalue weighted by Gasteiger charge is -2.37. The Balaban J connectivity index is 2.52. The maximum atomic E-state index is 14.2. The highest BCUT2D eigenvalue weighted by atomic mass is 16.6. The minimum absolute atomic E-state index is 0.0339. The molecule has 10 heteroatoms. The fourth-order valence-corrected chi connectivity index (χ4v) is 4.35. The Morgan fingerprint density at radius 3 is 2.07 bits per heavy atom. The molecule has 43 heavy (non-hydrogen) atoms. The van der Waals surface area contributed by atoms with Crippen molar-refractivity contribution >= 4 is 23.9 Å². The lowest BCUT2D eigenvalue weighted by Crippen LogP contribution is -2.54. The van der Waals surface area contributed by atoms with E-state index in [-0.39, 0.29) is 12.2 Å². The number of nitrogens with zero attached hydrogens (tertiary/aromatic N) is 1. The molecule has 0 fully saturated rings. The summed E-state index contributed by atoms with van der Waals surface area (Å²) in [6, 6.07) is 11.2. The van der Waals surface area contributed by atoms with Crippen molar-refractivity contribution in [3.8, 4) is 5.75 Å². The quantitative estimate of drug-likeness (QED) is 0.312. The second-order valence-corrected chi connectivity index (χ2v) is 12.6. The molecule has 0 aliphatic heterocycles. The van der Waals surface area contributed by atoms with Crippen molar-refractivity contribution in [3.63, 3.8) is 0 Å². The molecule has 2 rings (SSSR count). The van der Waals surface area contributed by atoms with Crippen LogP contribution in [0.3, 0.4) is 0 Å². The molecule has 10 nitrogen and oxygen atoms in total. The molecule has 0 aromatic heterocycles. The molecule has 0 heterocycles. The zero-order chi connectivity index (χ0) is 32.5. The third-order valence-electron chi connectivity index (χ3n) is 6.49. The van der Waals surface area contributed by atoms with Gasteiger partial charge < -0.3 is 30.1 Å². The van der Waals surface area contributed by atoms with Crippen molar-refractivity contribution in [2.45, 2.75) is 104 Å². The third-order valence-corrected chi connectivity index (χ3v) is 6.49. The van der Waals surface area contributed by atoms with Crippen LogP contribution in [0, 0.1) is 6.92 Å². The molecule has 3 N–H and O–H groups in total. The van der Waals surface area contributed by atoms with E-state index in [1.807, 2.05) is 37.3 Å². The highest BCUT2D eigenvalue weighted by molar-refractivity contribution is 5.93. The summed E-state index contributed by atoms with van der Waals surface area (Å²) in [5, 5.41) is 15.5. The van der Waals surface area contributed by atoms with E-state index in [0.717, 1.165) is 5.56 Å². The number of amides is 3. The number of hydrogen-bond acceptors (Lipinski definition) is 7. The Bertz CT molecular complexity index is 1270.